The van der Waals surface area contributed by atoms with E-state index in [0.717, 1.165) is 33.6 Å². The molecule has 0 saturated carbocycles. The van der Waals surface area contributed by atoms with E-state index in [1.54, 1.807) is 9.88 Å². The number of likely N-dealkylation sites (tertiary alicyclic amines) is 1. The summed E-state index contributed by atoms with van der Waals surface area (Å²) < 4.78 is 38.7. The van der Waals surface area contributed by atoms with Gasteiger partial charge >= 0.3 is 12.2 Å². The number of alkyl halides is 3. The fourth-order valence-electron chi connectivity index (χ4n) is 2.74. The summed E-state index contributed by atoms with van der Waals surface area (Å²) in [6.07, 6.45) is -3.03. The SMILES string of the molecule is O=C(Nc1ccc(C(F)(F)F)[nH]c1=O)N1CCCC1c1ccc(Br)s1. The van der Waals surface area contributed by atoms with Crippen molar-refractivity contribution in [3.63, 3.8) is 0 Å². The van der Waals surface area contributed by atoms with Gasteiger partial charge in [-0.1, -0.05) is 0 Å². The molecule has 134 valence electrons. The van der Waals surface area contributed by atoms with Crippen molar-refractivity contribution >= 4 is 39.0 Å². The Labute approximate surface area is 153 Å². The number of carbonyl (C=O) groups is 1. The highest BCUT2D eigenvalue weighted by Crippen LogP contribution is 2.37. The highest BCUT2D eigenvalue weighted by molar-refractivity contribution is 9.11. The predicted octanol–water partition coefficient (Wildman–Crippen LogP) is 4.59. The molecule has 2 amide bonds. The highest BCUT2D eigenvalue weighted by atomic mass is 79.9. The maximum Gasteiger partial charge on any atom is 0.431 e. The molecule has 0 aliphatic carbocycles. The van der Waals surface area contributed by atoms with Crippen LogP contribution in [0.4, 0.5) is 23.7 Å². The number of thiophene rings is 1. The van der Waals surface area contributed by atoms with Crippen LogP contribution in [-0.4, -0.2) is 22.5 Å². The van der Waals surface area contributed by atoms with Crippen molar-refractivity contribution < 1.29 is 18.0 Å². The summed E-state index contributed by atoms with van der Waals surface area (Å²) in [4.78, 5) is 28.6. The third kappa shape index (κ3) is 3.90. The van der Waals surface area contributed by atoms with Crippen LogP contribution in [0.5, 0.6) is 0 Å². The standard InChI is InChI=1S/C15H13BrF3N3O2S/c16-12-6-4-10(25-12)9-2-1-7-22(9)14(24)20-8-3-5-11(15(17,18)19)21-13(8)23/h3-6,9H,1-2,7H2,(H,20,24)(H,21,23). The van der Waals surface area contributed by atoms with Gasteiger partial charge in [-0.25, -0.2) is 4.79 Å². The zero-order valence-corrected chi connectivity index (χ0v) is 15.1. The van der Waals surface area contributed by atoms with Gasteiger partial charge in [-0.2, -0.15) is 13.2 Å². The molecule has 1 atom stereocenters. The number of anilines is 1. The number of aromatic amines is 1. The lowest BCUT2D eigenvalue weighted by atomic mass is 10.2. The molecule has 3 heterocycles. The predicted molar refractivity (Wildman–Crippen MR) is 91.8 cm³/mol. The van der Waals surface area contributed by atoms with Crippen LogP contribution < -0.4 is 10.9 Å². The second kappa shape index (κ2) is 6.83. The fourth-order valence-corrected chi connectivity index (χ4v) is 4.31. The minimum Gasteiger partial charge on any atom is -0.317 e. The lowest BCUT2D eigenvalue weighted by molar-refractivity contribution is -0.141. The van der Waals surface area contributed by atoms with E-state index in [9.17, 15) is 22.8 Å². The second-order valence-corrected chi connectivity index (χ2v) is 8.03. The van der Waals surface area contributed by atoms with Gasteiger partial charge in [0, 0.05) is 11.4 Å². The topological polar surface area (TPSA) is 65.2 Å². The number of carbonyl (C=O) groups excluding carboxylic acids is 1. The largest absolute Gasteiger partial charge is 0.431 e. The quantitative estimate of drug-likeness (QED) is 0.724. The van der Waals surface area contributed by atoms with Crippen LogP contribution in [0.15, 0.2) is 32.8 Å². The van der Waals surface area contributed by atoms with E-state index < -0.39 is 23.5 Å². The third-order valence-corrected chi connectivity index (χ3v) is 5.62. The van der Waals surface area contributed by atoms with E-state index >= 15 is 0 Å². The van der Waals surface area contributed by atoms with Gasteiger partial charge in [0.15, 0.2) is 0 Å². The molecule has 1 aliphatic rings. The molecule has 1 saturated heterocycles. The molecule has 2 aromatic heterocycles. The summed E-state index contributed by atoms with van der Waals surface area (Å²) in [7, 11) is 0. The summed E-state index contributed by atoms with van der Waals surface area (Å²) in [6, 6.07) is 4.91. The molecule has 3 rings (SSSR count). The van der Waals surface area contributed by atoms with E-state index in [2.05, 4.69) is 21.2 Å². The van der Waals surface area contributed by atoms with Crippen molar-refractivity contribution in [3.8, 4) is 0 Å². The Hall–Kier alpha value is -1.81. The molecule has 2 aromatic rings. The zero-order valence-electron chi connectivity index (χ0n) is 12.7. The van der Waals surface area contributed by atoms with Gasteiger partial charge < -0.3 is 15.2 Å². The van der Waals surface area contributed by atoms with Crippen molar-refractivity contribution in [3.05, 3.63) is 49.0 Å². The molecule has 5 nitrogen and oxygen atoms in total. The van der Waals surface area contributed by atoms with E-state index in [1.807, 2.05) is 12.1 Å². The molecule has 1 unspecified atom stereocenters. The Bertz CT molecular complexity index is 849. The summed E-state index contributed by atoms with van der Waals surface area (Å²) in [5.74, 6) is 0. The summed E-state index contributed by atoms with van der Waals surface area (Å²) in [5, 5.41) is 2.41. The van der Waals surface area contributed by atoms with Crippen molar-refractivity contribution in [2.24, 2.45) is 0 Å². The molecule has 0 aromatic carbocycles. The number of pyridine rings is 1. The Morgan fingerprint density at radius 3 is 2.68 bits per heavy atom. The third-order valence-electron chi connectivity index (χ3n) is 3.89. The fraction of sp³-hybridized carbons (Fsp3) is 0.333. The number of hydrogen-bond donors (Lipinski definition) is 2. The zero-order chi connectivity index (χ0) is 18.2. The molecular weight excluding hydrogens is 423 g/mol. The van der Waals surface area contributed by atoms with E-state index in [-0.39, 0.29) is 11.7 Å². The number of amides is 2. The van der Waals surface area contributed by atoms with Crippen LogP contribution in [0, 0.1) is 0 Å². The Morgan fingerprint density at radius 2 is 2.08 bits per heavy atom. The summed E-state index contributed by atoms with van der Waals surface area (Å²) in [5.41, 5.74) is -2.35. The number of rotatable bonds is 2. The van der Waals surface area contributed by atoms with Crippen LogP contribution in [0.3, 0.4) is 0 Å². The van der Waals surface area contributed by atoms with Gasteiger partial charge in [-0.15, -0.1) is 11.3 Å². The first-order valence-corrected chi connectivity index (χ1v) is 9.00. The number of nitrogens with one attached hydrogen (secondary N) is 2. The number of H-pyrrole nitrogens is 1. The average Bonchev–Trinajstić information content (AvgIpc) is 3.16. The molecule has 0 bridgehead atoms. The van der Waals surface area contributed by atoms with Crippen LogP contribution >= 0.6 is 27.3 Å². The average molecular weight is 436 g/mol. The first-order chi connectivity index (χ1) is 11.8. The van der Waals surface area contributed by atoms with E-state index in [1.165, 1.54) is 11.3 Å². The number of aromatic nitrogens is 1. The maximum absolute atomic E-state index is 12.6. The Balaban J connectivity index is 1.77. The molecule has 0 radical (unpaired) electrons. The molecule has 2 N–H and O–H groups in total. The van der Waals surface area contributed by atoms with Gasteiger partial charge in [0.05, 0.1) is 9.83 Å². The highest BCUT2D eigenvalue weighted by Gasteiger charge is 2.33. The van der Waals surface area contributed by atoms with Gasteiger partial charge in [-0.05, 0) is 53.0 Å². The summed E-state index contributed by atoms with van der Waals surface area (Å²) >= 11 is 4.91. The van der Waals surface area contributed by atoms with Crippen molar-refractivity contribution in [1.82, 2.24) is 9.88 Å². The lowest BCUT2D eigenvalue weighted by Gasteiger charge is -2.24. The minimum atomic E-state index is -4.64. The molecule has 25 heavy (non-hydrogen) atoms. The number of urea groups is 1. The van der Waals surface area contributed by atoms with Crippen LogP contribution in [0.1, 0.15) is 29.5 Å². The maximum atomic E-state index is 12.6. The van der Waals surface area contributed by atoms with Gasteiger partial charge in [0.1, 0.15) is 11.4 Å². The second-order valence-electron chi connectivity index (χ2n) is 5.54. The lowest BCUT2D eigenvalue weighted by Crippen LogP contribution is -2.35. The van der Waals surface area contributed by atoms with Crippen LogP contribution in [0.25, 0.3) is 0 Å². The monoisotopic (exact) mass is 435 g/mol. The first kappa shape index (κ1) is 18.0. The first-order valence-electron chi connectivity index (χ1n) is 7.39. The minimum absolute atomic E-state index is 0.107. The van der Waals surface area contributed by atoms with Crippen LogP contribution in [0.2, 0.25) is 0 Å². The van der Waals surface area contributed by atoms with Gasteiger partial charge in [0.2, 0.25) is 0 Å². The van der Waals surface area contributed by atoms with Crippen molar-refractivity contribution in [2.45, 2.75) is 25.1 Å². The van der Waals surface area contributed by atoms with Gasteiger partial charge in [-0.3, -0.25) is 4.79 Å². The number of nitrogens with zero attached hydrogens (tertiary/aromatic N) is 1. The van der Waals surface area contributed by atoms with Gasteiger partial charge in [0.25, 0.3) is 5.56 Å². The van der Waals surface area contributed by atoms with Crippen molar-refractivity contribution in [2.75, 3.05) is 11.9 Å². The molecular formula is C15H13BrF3N3O2S. The Kier molecular flexibility index (Phi) is 4.92. The van der Waals surface area contributed by atoms with Crippen LogP contribution in [-0.2, 0) is 6.18 Å². The Morgan fingerprint density at radius 1 is 1.32 bits per heavy atom. The summed E-state index contributed by atoms with van der Waals surface area (Å²) in [6.45, 7) is 0.518. The van der Waals surface area contributed by atoms with E-state index in [0.29, 0.717) is 6.54 Å². The number of halogens is 4. The van der Waals surface area contributed by atoms with Crippen molar-refractivity contribution in [1.29, 1.82) is 0 Å². The van der Waals surface area contributed by atoms with E-state index in [4.69, 9.17) is 0 Å². The number of hydrogen-bond acceptors (Lipinski definition) is 3. The smallest absolute Gasteiger partial charge is 0.317 e. The molecule has 10 heteroatoms. The molecule has 1 aliphatic heterocycles. The molecule has 0 spiro atoms. The molecule has 1 fully saturated rings. The normalized spacial score (nSPS) is 17.8.